The van der Waals surface area contributed by atoms with Gasteiger partial charge >= 0.3 is 0 Å². The number of carbonyl (C=O) groups is 2. The fourth-order valence-corrected chi connectivity index (χ4v) is 3.32. The van der Waals surface area contributed by atoms with Crippen LogP contribution in [0.4, 0.5) is 11.8 Å². The summed E-state index contributed by atoms with van der Waals surface area (Å²) in [5, 5.41) is 3.11. The van der Waals surface area contributed by atoms with Crippen LogP contribution in [0.3, 0.4) is 0 Å². The van der Waals surface area contributed by atoms with Crippen LogP contribution in [0, 0.1) is 13.8 Å². The van der Waals surface area contributed by atoms with Crippen LogP contribution in [0.5, 0.6) is 0 Å². The predicted octanol–water partition coefficient (Wildman–Crippen LogP) is 2.39. The number of carbonyl (C=O) groups excluding carboxylic acids is 2. The molecule has 0 unspecified atom stereocenters. The Morgan fingerprint density at radius 3 is 2.45 bits per heavy atom. The Morgan fingerprint density at radius 1 is 1.28 bits per heavy atom. The maximum Gasteiger partial charge on any atom is 0.258 e. The third-order valence-corrected chi connectivity index (χ3v) is 5.06. The van der Waals surface area contributed by atoms with Crippen LogP contribution in [0.15, 0.2) is 36.7 Å². The molecule has 1 aromatic heterocycles. The van der Waals surface area contributed by atoms with Gasteiger partial charge in [-0.25, -0.2) is 4.98 Å². The first-order valence-electron chi connectivity index (χ1n) is 9.48. The topological polar surface area (TPSA) is 127 Å². The van der Waals surface area contributed by atoms with E-state index in [-0.39, 0.29) is 29.3 Å². The van der Waals surface area contributed by atoms with Gasteiger partial charge in [-0.15, -0.1) is 0 Å². The maximum atomic E-state index is 13.4. The second-order valence-corrected chi connectivity index (χ2v) is 7.39. The lowest BCUT2D eigenvalue weighted by molar-refractivity contribution is 0.0788. The third-order valence-electron chi connectivity index (χ3n) is 5.06. The molecular weight excluding hydrogens is 368 g/mol. The van der Waals surface area contributed by atoms with Crippen LogP contribution in [-0.4, -0.2) is 38.8 Å². The number of aryl methyl sites for hydroxylation is 2. The fourth-order valence-electron chi connectivity index (χ4n) is 3.32. The molecule has 1 fully saturated rings. The zero-order chi connectivity index (χ0) is 21.3. The van der Waals surface area contributed by atoms with Crippen LogP contribution in [0.2, 0.25) is 0 Å². The molecule has 0 aliphatic heterocycles. The molecule has 1 aromatic carbocycles. The summed E-state index contributed by atoms with van der Waals surface area (Å²) in [7, 11) is 0. The highest BCUT2D eigenvalue weighted by Gasteiger charge is 2.37. The Morgan fingerprint density at radius 2 is 1.90 bits per heavy atom. The summed E-state index contributed by atoms with van der Waals surface area (Å²) in [4.78, 5) is 34.7. The molecule has 8 nitrogen and oxygen atoms in total. The van der Waals surface area contributed by atoms with Crippen molar-refractivity contribution in [2.24, 2.45) is 5.73 Å². The highest BCUT2D eigenvalue weighted by Crippen LogP contribution is 2.33. The Hall–Kier alpha value is -3.42. The summed E-state index contributed by atoms with van der Waals surface area (Å²) in [5.74, 6) is -0.509. The van der Waals surface area contributed by atoms with Crippen LogP contribution in [-0.2, 0) is 0 Å². The highest BCUT2D eigenvalue weighted by molar-refractivity contribution is 5.99. The Kier molecular flexibility index (Phi) is 5.54. The zero-order valence-electron chi connectivity index (χ0n) is 16.9. The zero-order valence-corrected chi connectivity index (χ0v) is 16.9. The largest absolute Gasteiger partial charge is 0.368 e. The Labute approximate surface area is 170 Å². The van der Waals surface area contributed by atoms with E-state index in [0.29, 0.717) is 11.3 Å². The number of nitrogens with two attached hydrogens (primary N) is 2. The molecule has 1 saturated carbocycles. The van der Waals surface area contributed by atoms with Crippen molar-refractivity contribution < 1.29 is 9.59 Å². The average Bonchev–Trinajstić information content (AvgIpc) is 3.46. The number of nitrogens with zero attached hydrogens (tertiary/aromatic N) is 3. The number of amides is 2. The van der Waals surface area contributed by atoms with E-state index in [1.165, 1.54) is 6.20 Å². The van der Waals surface area contributed by atoms with E-state index in [0.717, 1.165) is 24.0 Å². The first-order valence-corrected chi connectivity index (χ1v) is 9.48. The van der Waals surface area contributed by atoms with Crippen molar-refractivity contribution in [2.45, 2.75) is 45.7 Å². The van der Waals surface area contributed by atoms with Gasteiger partial charge in [-0.1, -0.05) is 24.8 Å². The third kappa shape index (κ3) is 4.21. The van der Waals surface area contributed by atoms with Crippen molar-refractivity contribution in [3.05, 3.63) is 58.9 Å². The molecule has 3 rings (SSSR count). The number of nitrogens with one attached hydrogen (secondary N) is 1. The minimum Gasteiger partial charge on any atom is -0.368 e. The van der Waals surface area contributed by atoms with Gasteiger partial charge in [0.05, 0.1) is 11.6 Å². The van der Waals surface area contributed by atoms with Crippen LogP contribution >= 0.6 is 0 Å². The number of benzene rings is 1. The fraction of sp³-hybridized carbons (Fsp3) is 0.333. The molecule has 5 N–H and O–H groups in total. The van der Waals surface area contributed by atoms with Crippen molar-refractivity contribution in [1.29, 1.82) is 0 Å². The second-order valence-electron chi connectivity index (χ2n) is 7.39. The monoisotopic (exact) mass is 394 g/mol. The lowest BCUT2D eigenvalue weighted by Crippen LogP contribution is -2.39. The van der Waals surface area contributed by atoms with Crippen LogP contribution in [0.1, 0.15) is 51.6 Å². The summed E-state index contributed by atoms with van der Waals surface area (Å²) >= 11 is 0. The molecule has 8 heteroatoms. The minimum absolute atomic E-state index is 0.0148. The van der Waals surface area contributed by atoms with Gasteiger partial charge in [0, 0.05) is 23.5 Å². The normalized spacial score (nSPS) is 14.2. The second kappa shape index (κ2) is 7.90. The van der Waals surface area contributed by atoms with E-state index in [2.05, 4.69) is 21.9 Å². The molecular formula is C21H26N6O2. The smallest absolute Gasteiger partial charge is 0.258 e. The Balaban J connectivity index is 1.88. The van der Waals surface area contributed by atoms with Gasteiger partial charge in [-0.3, -0.25) is 9.59 Å². The van der Waals surface area contributed by atoms with Gasteiger partial charge in [0.15, 0.2) is 0 Å². The average molecular weight is 394 g/mol. The van der Waals surface area contributed by atoms with Gasteiger partial charge in [-0.2, -0.15) is 4.98 Å². The first kappa shape index (κ1) is 20.3. The van der Waals surface area contributed by atoms with Crippen LogP contribution in [0.25, 0.3) is 0 Å². The van der Waals surface area contributed by atoms with E-state index in [9.17, 15) is 9.59 Å². The maximum absolute atomic E-state index is 13.4. The summed E-state index contributed by atoms with van der Waals surface area (Å²) in [5.41, 5.74) is 14.3. The number of anilines is 2. The van der Waals surface area contributed by atoms with E-state index in [4.69, 9.17) is 11.5 Å². The molecule has 2 amide bonds. The predicted molar refractivity (Wildman–Crippen MR) is 112 cm³/mol. The number of hydrogen-bond acceptors (Lipinski definition) is 6. The number of aromatic nitrogens is 2. The number of rotatable bonds is 7. The highest BCUT2D eigenvalue weighted by atomic mass is 16.2. The van der Waals surface area contributed by atoms with Crippen molar-refractivity contribution in [3.63, 3.8) is 0 Å². The van der Waals surface area contributed by atoms with E-state index < -0.39 is 11.9 Å². The van der Waals surface area contributed by atoms with Gasteiger partial charge in [0.2, 0.25) is 5.95 Å². The number of nitrogen functional groups attached to an aromatic ring is 1. The SMILES string of the molecule is C=C([C@H](C)Nc1nc(N)ncc1C(N)=O)N(C(=O)c1c(C)cccc1C)C1CC1. The van der Waals surface area contributed by atoms with Crippen molar-refractivity contribution in [1.82, 2.24) is 14.9 Å². The minimum atomic E-state index is -0.670. The molecule has 1 heterocycles. The number of hydrogen-bond donors (Lipinski definition) is 3. The molecule has 0 radical (unpaired) electrons. The van der Waals surface area contributed by atoms with Crippen LogP contribution < -0.4 is 16.8 Å². The van der Waals surface area contributed by atoms with Gasteiger partial charge in [-0.05, 0) is 44.7 Å². The standard InChI is InChI=1S/C21H26N6O2/c1-11-6-5-7-12(2)17(11)20(29)27(15-8-9-15)14(4)13(3)25-19-16(18(22)28)10-24-21(23)26-19/h5-7,10,13,15H,4,8-9H2,1-3H3,(H2,22,28)(H3,23,24,25,26)/t13-/m0/s1. The first-order chi connectivity index (χ1) is 13.7. The summed E-state index contributed by atoms with van der Waals surface area (Å²) in [6.45, 7) is 9.87. The quantitative estimate of drug-likeness (QED) is 0.662. The van der Waals surface area contributed by atoms with E-state index >= 15 is 0 Å². The lowest BCUT2D eigenvalue weighted by Gasteiger charge is -2.30. The molecule has 2 aromatic rings. The van der Waals surface area contributed by atoms with Crippen molar-refractivity contribution in [2.75, 3.05) is 11.1 Å². The lowest BCUT2D eigenvalue weighted by atomic mass is 10.0. The number of primary amides is 1. The Bertz CT molecular complexity index is 963. The van der Waals surface area contributed by atoms with E-state index in [1.54, 1.807) is 4.90 Å². The summed E-state index contributed by atoms with van der Waals surface area (Å²) < 4.78 is 0. The summed E-state index contributed by atoms with van der Waals surface area (Å²) in [6, 6.07) is 5.52. The van der Waals surface area contributed by atoms with Gasteiger partial charge in [0.25, 0.3) is 11.8 Å². The van der Waals surface area contributed by atoms with E-state index in [1.807, 2.05) is 39.0 Å². The molecule has 0 spiro atoms. The molecule has 152 valence electrons. The van der Waals surface area contributed by atoms with Crippen molar-refractivity contribution >= 4 is 23.6 Å². The van der Waals surface area contributed by atoms with Crippen molar-refractivity contribution in [3.8, 4) is 0 Å². The van der Waals surface area contributed by atoms with Gasteiger partial charge < -0.3 is 21.7 Å². The molecule has 0 saturated heterocycles. The molecule has 29 heavy (non-hydrogen) atoms. The molecule has 0 bridgehead atoms. The molecule has 1 atom stereocenters. The van der Waals surface area contributed by atoms with Gasteiger partial charge in [0.1, 0.15) is 5.82 Å². The summed E-state index contributed by atoms with van der Waals surface area (Å²) in [6.07, 6.45) is 3.13. The molecule has 1 aliphatic carbocycles. The molecule has 1 aliphatic rings.